The second-order valence-corrected chi connectivity index (χ2v) is 5.58. The standard InChI is InChI=1S/C19H19N3O3/c1-12-4-7-16(10-18(12)21-13(2)23)19(25-14(3)24)22-17-8-5-15(11-20)6-9-17/h4-10,19,22H,1-3H3,(H,21,23). The first-order valence-corrected chi connectivity index (χ1v) is 7.71. The number of benzene rings is 2. The summed E-state index contributed by atoms with van der Waals surface area (Å²) >= 11 is 0. The van der Waals surface area contributed by atoms with Gasteiger partial charge < -0.3 is 15.4 Å². The van der Waals surface area contributed by atoms with E-state index >= 15 is 0 Å². The van der Waals surface area contributed by atoms with Gasteiger partial charge in [0.05, 0.1) is 11.6 Å². The molecule has 6 nitrogen and oxygen atoms in total. The number of hydrogen-bond acceptors (Lipinski definition) is 5. The summed E-state index contributed by atoms with van der Waals surface area (Å²) in [6, 6.07) is 14.3. The van der Waals surface area contributed by atoms with E-state index in [9.17, 15) is 9.59 Å². The molecule has 0 spiro atoms. The van der Waals surface area contributed by atoms with Crippen LogP contribution in [0.15, 0.2) is 42.5 Å². The van der Waals surface area contributed by atoms with Crippen molar-refractivity contribution in [2.45, 2.75) is 27.0 Å². The highest BCUT2D eigenvalue weighted by Gasteiger charge is 2.16. The molecular formula is C19H19N3O3. The molecule has 2 rings (SSSR count). The number of ether oxygens (including phenoxy) is 1. The SMILES string of the molecule is CC(=O)Nc1cc(C(Nc2ccc(C#N)cc2)OC(C)=O)ccc1C. The van der Waals surface area contributed by atoms with Crippen LogP contribution < -0.4 is 10.6 Å². The van der Waals surface area contributed by atoms with Crippen LogP contribution in [0.1, 0.15) is 36.8 Å². The Hall–Kier alpha value is -3.33. The maximum atomic E-state index is 11.5. The highest BCUT2D eigenvalue weighted by Crippen LogP contribution is 2.26. The van der Waals surface area contributed by atoms with Crippen LogP contribution in [0, 0.1) is 18.3 Å². The highest BCUT2D eigenvalue weighted by molar-refractivity contribution is 5.89. The predicted octanol–water partition coefficient (Wildman–Crippen LogP) is 3.50. The van der Waals surface area contributed by atoms with Crippen LogP contribution in [0.2, 0.25) is 0 Å². The first kappa shape index (κ1) is 18.0. The lowest BCUT2D eigenvalue weighted by molar-refractivity contribution is -0.145. The van der Waals surface area contributed by atoms with Crippen LogP contribution in [0.5, 0.6) is 0 Å². The van der Waals surface area contributed by atoms with Gasteiger partial charge in [-0.25, -0.2) is 0 Å². The van der Waals surface area contributed by atoms with Crippen molar-refractivity contribution in [1.82, 2.24) is 0 Å². The minimum Gasteiger partial charge on any atom is -0.438 e. The fraction of sp³-hybridized carbons (Fsp3) is 0.211. The molecule has 0 fully saturated rings. The Labute approximate surface area is 146 Å². The van der Waals surface area contributed by atoms with E-state index in [1.54, 1.807) is 30.3 Å². The van der Waals surface area contributed by atoms with Gasteiger partial charge in [-0.1, -0.05) is 12.1 Å². The first-order valence-electron chi connectivity index (χ1n) is 7.71. The van der Waals surface area contributed by atoms with Crippen molar-refractivity contribution in [2.24, 2.45) is 0 Å². The Balaban J connectivity index is 2.31. The first-order chi connectivity index (χ1) is 11.9. The van der Waals surface area contributed by atoms with Gasteiger partial charge in [0.1, 0.15) is 0 Å². The number of carbonyl (C=O) groups is 2. The second-order valence-electron chi connectivity index (χ2n) is 5.58. The third-order valence-electron chi connectivity index (χ3n) is 3.47. The molecule has 0 aliphatic heterocycles. The molecule has 25 heavy (non-hydrogen) atoms. The number of esters is 1. The number of nitrogens with one attached hydrogen (secondary N) is 2. The van der Waals surface area contributed by atoms with Crippen molar-refractivity contribution in [2.75, 3.05) is 10.6 Å². The molecule has 0 bridgehead atoms. The Morgan fingerprint density at radius 3 is 2.36 bits per heavy atom. The van der Waals surface area contributed by atoms with Crippen molar-refractivity contribution >= 4 is 23.3 Å². The van der Waals surface area contributed by atoms with Crippen molar-refractivity contribution < 1.29 is 14.3 Å². The summed E-state index contributed by atoms with van der Waals surface area (Å²) in [7, 11) is 0. The molecule has 0 heterocycles. The predicted molar refractivity (Wildman–Crippen MR) is 94.8 cm³/mol. The van der Waals surface area contributed by atoms with Crippen molar-refractivity contribution in [3.63, 3.8) is 0 Å². The number of aryl methyl sites for hydroxylation is 1. The van der Waals surface area contributed by atoms with Gasteiger partial charge >= 0.3 is 5.97 Å². The quantitative estimate of drug-likeness (QED) is 0.643. The molecule has 2 N–H and O–H groups in total. The van der Waals surface area contributed by atoms with Crippen LogP contribution in [0.3, 0.4) is 0 Å². The number of amides is 1. The third kappa shape index (κ3) is 5.08. The third-order valence-corrected chi connectivity index (χ3v) is 3.47. The Kier molecular flexibility index (Phi) is 5.75. The van der Waals surface area contributed by atoms with Crippen molar-refractivity contribution in [3.8, 4) is 6.07 Å². The molecule has 128 valence electrons. The zero-order valence-electron chi connectivity index (χ0n) is 14.3. The van der Waals surface area contributed by atoms with Crippen LogP contribution in [0.25, 0.3) is 0 Å². The van der Waals surface area contributed by atoms with E-state index in [1.807, 2.05) is 25.1 Å². The number of rotatable bonds is 5. The summed E-state index contributed by atoms with van der Waals surface area (Å²) in [5, 5.41) is 14.7. The summed E-state index contributed by atoms with van der Waals surface area (Å²) in [4.78, 5) is 22.8. The topological polar surface area (TPSA) is 91.2 Å². The van der Waals surface area contributed by atoms with E-state index in [1.165, 1.54) is 13.8 Å². The summed E-state index contributed by atoms with van der Waals surface area (Å²) in [6.07, 6.45) is -0.724. The molecule has 0 aliphatic carbocycles. The van der Waals surface area contributed by atoms with Gasteiger partial charge in [-0.15, -0.1) is 0 Å². The van der Waals surface area contributed by atoms with Gasteiger partial charge in [0.15, 0.2) is 6.23 Å². The summed E-state index contributed by atoms with van der Waals surface area (Å²) in [6.45, 7) is 4.64. The molecule has 0 radical (unpaired) electrons. The number of carbonyl (C=O) groups excluding carboxylic acids is 2. The van der Waals surface area contributed by atoms with Gasteiger partial charge in [0.25, 0.3) is 0 Å². The normalized spacial score (nSPS) is 11.1. The Bertz CT molecular complexity index is 823. The molecular weight excluding hydrogens is 318 g/mol. The van der Waals surface area contributed by atoms with E-state index in [4.69, 9.17) is 10.00 Å². The van der Waals surface area contributed by atoms with E-state index in [0.717, 1.165) is 5.56 Å². The molecule has 0 saturated carbocycles. The van der Waals surface area contributed by atoms with Gasteiger partial charge in [-0.3, -0.25) is 9.59 Å². The number of anilines is 2. The molecule has 1 amide bonds. The van der Waals surface area contributed by atoms with E-state index < -0.39 is 12.2 Å². The molecule has 0 aliphatic rings. The number of nitriles is 1. The minimum absolute atomic E-state index is 0.177. The van der Waals surface area contributed by atoms with E-state index in [2.05, 4.69) is 10.6 Å². The van der Waals surface area contributed by atoms with Crippen LogP contribution >= 0.6 is 0 Å². The van der Waals surface area contributed by atoms with Gasteiger partial charge in [0.2, 0.25) is 5.91 Å². The Morgan fingerprint density at radius 1 is 1.12 bits per heavy atom. The van der Waals surface area contributed by atoms with Crippen LogP contribution in [-0.2, 0) is 14.3 Å². The molecule has 0 aromatic heterocycles. The second kappa shape index (κ2) is 7.97. The van der Waals surface area contributed by atoms with E-state index in [-0.39, 0.29) is 5.91 Å². The van der Waals surface area contributed by atoms with Crippen molar-refractivity contribution in [3.05, 3.63) is 59.2 Å². The molecule has 1 atom stereocenters. The lowest BCUT2D eigenvalue weighted by atomic mass is 10.1. The van der Waals surface area contributed by atoms with Crippen LogP contribution in [-0.4, -0.2) is 11.9 Å². The minimum atomic E-state index is -0.724. The smallest absolute Gasteiger partial charge is 0.304 e. The largest absolute Gasteiger partial charge is 0.438 e. The fourth-order valence-electron chi connectivity index (χ4n) is 2.27. The average Bonchev–Trinajstić information content (AvgIpc) is 2.56. The molecule has 2 aromatic rings. The maximum absolute atomic E-state index is 11.5. The molecule has 0 saturated heterocycles. The zero-order valence-corrected chi connectivity index (χ0v) is 14.3. The summed E-state index contributed by atoms with van der Waals surface area (Å²) < 4.78 is 5.37. The lowest BCUT2D eigenvalue weighted by Crippen LogP contribution is -2.18. The molecule has 6 heteroatoms. The van der Waals surface area contributed by atoms with Gasteiger partial charge in [-0.05, 0) is 42.8 Å². The fourth-order valence-corrected chi connectivity index (χ4v) is 2.27. The lowest BCUT2D eigenvalue weighted by Gasteiger charge is -2.21. The monoisotopic (exact) mass is 337 g/mol. The van der Waals surface area contributed by atoms with Crippen LogP contribution in [0.4, 0.5) is 11.4 Å². The molecule has 2 aromatic carbocycles. The number of hydrogen-bond donors (Lipinski definition) is 2. The van der Waals surface area contributed by atoms with Crippen molar-refractivity contribution in [1.29, 1.82) is 5.26 Å². The zero-order chi connectivity index (χ0) is 18.4. The van der Waals surface area contributed by atoms with E-state index in [0.29, 0.717) is 22.5 Å². The molecule has 1 unspecified atom stereocenters. The average molecular weight is 337 g/mol. The van der Waals surface area contributed by atoms with Gasteiger partial charge in [0, 0.05) is 30.8 Å². The summed E-state index contributed by atoms with van der Waals surface area (Å²) in [5.41, 5.74) is 3.49. The highest BCUT2D eigenvalue weighted by atomic mass is 16.6. The maximum Gasteiger partial charge on any atom is 0.304 e. The number of nitrogens with zero attached hydrogens (tertiary/aromatic N) is 1. The Morgan fingerprint density at radius 2 is 1.80 bits per heavy atom. The van der Waals surface area contributed by atoms with Gasteiger partial charge in [-0.2, -0.15) is 5.26 Å². The summed E-state index contributed by atoms with van der Waals surface area (Å²) in [5.74, 6) is -0.614.